The smallest absolute Gasteiger partial charge is 0.163 e. The number of aromatic nitrogens is 4. The first-order valence-corrected chi connectivity index (χ1v) is 6.45. The van der Waals surface area contributed by atoms with Crippen molar-refractivity contribution < 1.29 is 4.74 Å². The maximum absolute atomic E-state index is 5.75. The zero-order valence-corrected chi connectivity index (χ0v) is 10.9. The minimum absolute atomic E-state index is 0.0216. The van der Waals surface area contributed by atoms with E-state index in [1.54, 1.807) is 6.20 Å². The minimum atomic E-state index is -0.0216. The van der Waals surface area contributed by atoms with Crippen LogP contribution in [0.1, 0.15) is 23.3 Å². The molecule has 2 aromatic rings. The number of aryl methyl sites for hydroxylation is 1. The average molecular weight is 259 g/mol. The Labute approximate surface area is 111 Å². The molecule has 0 spiro atoms. The highest BCUT2D eigenvalue weighted by Crippen LogP contribution is 2.18. The summed E-state index contributed by atoms with van der Waals surface area (Å²) in [5.41, 5.74) is 1.13. The quantitative estimate of drug-likeness (QED) is 0.878. The van der Waals surface area contributed by atoms with E-state index >= 15 is 0 Å². The maximum Gasteiger partial charge on any atom is 0.163 e. The zero-order chi connectivity index (χ0) is 13.1. The highest BCUT2D eigenvalue weighted by atomic mass is 16.5. The van der Waals surface area contributed by atoms with E-state index in [4.69, 9.17) is 4.74 Å². The van der Waals surface area contributed by atoms with Gasteiger partial charge in [0.15, 0.2) is 5.82 Å². The third-order valence-corrected chi connectivity index (χ3v) is 3.24. The second-order valence-corrected chi connectivity index (χ2v) is 4.62. The van der Waals surface area contributed by atoms with Crippen molar-refractivity contribution in [2.24, 2.45) is 0 Å². The molecule has 3 heterocycles. The molecule has 100 valence electrons. The first kappa shape index (κ1) is 12.3. The van der Waals surface area contributed by atoms with Gasteiger partial charge < -0.3 is 14.6 Å². The topological polar surface area (TPSA) is 64.9 Å². The molecule has 0 saturated carbocycles. The van der Waals surface area contributed by atoms with Gasteiger partial charge in [0.25, 0.3) is 0 Å². The van der Waals surface area contributed by atoms with E-state index in [9.17, 15) is 0 Å². The summed E-state index contributed by atoms with van der Waals surface area (Å²) in [6, 6.07) is 3.99. The number of nitrogens with one attached hydrogen (secondary N) is 1. The minimum Gasteiger partial charge on any atom is -0.368 e. The molecule has 0 bridgehead atoms. The molecule has 1 unspecified atom stereocenters. The number of nitrogens with zero attached hydrogens (tertiary/aromatic N) is 4. The van der Waals surface area contributed by atoms with Crippen LogP contribution < -0.4 is 5.32 Å². The Bertz CT molecular complexity index is 533. The van der Waals surface area contributed by atoms with Crippen LogP contribution in [0, 0.1) is 6.92 Å². The molecule has 0 aromatic carbocycles. The van der Waals surface area contributed by atoms with Gasteiger partial charge in [-0.15, -0.1) is 10.2 Å². The van der Waals surface area contributed by atoms with E-state index in [0.717, 1.165) is 36.8 Å². The Morgan fingerprint density at radius 2 is 2.42 bits per heavy atom. The Kier molecular flexibility index (Phi) is 3.52. The molecule has 19 heavy (non-hydrogen) atoms. The van der Waals surface area contributed by atoms with E-state index in [2.05, 4.69) is 31.1 Å². The summed E-state index contributed by atoms with van der Waals surface area (Å²) in [7, 11) is 0. The summed E-state index contributed by atoms with van der Waals surface area (Å²) in [5.74, 6) is 1.78. The highest BCUT2D eigenvalue weighted by Gasteiger charge is 2.22. The van der Waals surface area contributed by atoms with E-state index in [-0.39, 0.29) is 6.10 Å². The third-order valence-electron chi connectivity index (χ3n) is 3.24. The van der Waals surface area contributed by atoms with Gasteiger partial charge in [-0.25, -0.2) is 0 Å². The fourth-order valence-corrected chi connectivity index (χ4v) is 2.24. The number of rotatable bonds is 3. The number of morpholine rings is 1. The predicted molar refractivity (Wildman–Crippen MR) is 69.7 cm³/mol. The average Bonchev–Trinajstić information content (AvgIpc) is 2.82. The standard InChI is InChI=1S/C13H17N5O/c1-10-16-17-13(12-8-15-5-6-19-12)18(10)9-11-3-2-4-14-7-11/h2-4,7,12,15H,5-6,8-9H2,1H3. The lowest BCUT2D eigenvalue weighted by molar-refractivity contribution is 0.0199. The van der Waals surface area contributed by atoms with Crippen LogP contribution in [-0.2, 0) is 11.3 Å². The molecule has 0 aliphatic carbocycles. The third kappa shape index (κ3) is 2.64. The van der Waals surface area contributed by atoms with Gasteiger partial charge in [-0.1, -0.05) is 6.07 Å². The van der Waals surface area contributed by atoms with Crippen LogP contribution in [-0.4, -0.2) is 39.4 Å². The molecule has 1 aliphatic heterocycles. The van der Waals surface area contributed by atoms with Crippen molar-refractivity contribution in [3.8, 4) is 0 Å². The van der Waals surface area contributed by atoms with Crippen molar-refractivity contribution in [3.05, 3.63) is 41.7 Å². The first-order valence-electron chi connectivity index (χ1n) is 6.45. The fourth-order valence-electron chi connectivity index (χ4n) is 2.24. The molecular formula is C13H17N5O. The first-order chi connectivity index (χ1) is 9.34. The fraction of sp³-hybridized carbons (Fsp3) is 0.462. The number of pyridine rings is 1. The van der Waals surface area contributed by atoms with Gasteiger partial charge in [0, 0.05) is 25.5 Å². The number of hydrogen-bond acceptors (Lipinski definition) is 5. The van der Waals surface area contributed by atoms with Gasteiger partial charge in [-0.2, -0.15) is 0 Å². The molecule has 0 radical (unpaired) electrons. The molecule has 3 rings (SSSR count). The molecule has 1 fully saturated rings. The Morgan fingerprint density at radius 3 is 3.16 bits per heavy atom. The van der Waals surface area contributed by atoms with Crippen LogP contribution in [0.15, 0.2) is 24.5 Å². The van der Waals surface area contributed by atoms with Gasteiger partial charge in [0.05, 0.1) is 13.2 Å². The van der Waals surface area contributed by atoms with Crippen molar-refractivity contribution in [2.75, 3.05) is 19.7 Å². The van der Waals surface area contributed by atoms with Crippen LogP contribution in [0.2, 0.25) is 0 Å². The van der Waals surface area contributed by atoms with Gasteiger partial charge in [0.2, 0.25) is 0 Å². The van der Waals surface area contributed by atoms with Crippen LogP contribution in [0.5, 0.6) is 0 Å². The Morgan fingerprint density at radius 1 is 1.47 bits per heavy atom. The van der Waals surface area contributed by atoms with E-state index in [1.165, 1.54) is 0 Å². The highest BCUT2D eigenvalue weighted by molar-refractivity contribution is 5.12. The van der Waals surface area contributed by atoms with Crippen molar-refractivity contribution in [2.45, 2.75) is 19.6 Å². The summed E-state index contributed by atoms with van der Waals surface area (Å²) in [6.07, 6.45) is 3.62. The largest absolute Gasteiger partial charge is 0.368 e. The van der Waals surface area contributed by atoms with Gasteiger partial charge in [0.1, 0.15) is 11.9 Å². The van der Waals surface area contributed by atoms with Crippen LogP contribution >= 0.6 is 0 Å². The lowest BCUT2D eigenvalue weighted by Crippen LogP contribution is -2.34. The van der Waals surface area contributed by atoms with E-state index in [0.29, 0.717) is 6.61 Å². The van der Waals surface area contributed by atoms with Crippen LogP contribution in [0.4, 0.5) is 0 Å². The zero-order valence-electron chi connectivity index (χ0n) is 10.9. The lowest BCUT2D eigenvalue weighted by atomic mass is 10.2. The summed E-state index contributed by atoms with van der Waals surface area (Å²) in [6.45, 7) is 5.08. The molecule has 0 amide bonds. The lowest BCUT2D eigenvalue weighted by Gasteiger charge is -2.23. The molecule has 2 aromatic heterocycles. The number of hydrogen-bond donors (Lipinski definition) is 1. The molecule has 6 nitrogen and oxygen atoms in total. The van der Waals surface area contributed by atoms with Crippen LogP contribution in [0.25, 0.3) is 0 Å². The molecule has 1 atom stereocenters. The SMILES string of the molecule is Cc1nnc(C2CNCCO2)n1Cc1cccnc1. The maximum atomic E-state index is 5.75. The second-order valence-electron chi connectivity index (χ2n) is 4.62. The van der Waals surface area contributed by atoms with Crippen molar-refractivity contribution in [1.29, 1.82) is 0 Å². The molecule has 1 aliphatic rings. The molecule has 6 heteroatoms. The van der Waals surface area contributed by atoms with Crippen molar-refractivity contribution in [3.63, 3.8) is 0 Å². The molecule has 1 saturated heterocycles. The summed E-state index contributed by atoms with van der Waals surface area (Å²) < 4.78 is 7.85. The van der Waals surface area contributed by atoms with Gasteiger partial charge in [-0.3, -0.25) is 4.98 Å². The van der Waals surface area contributed by atoms with E-state index < -0.39 is 0 Å². The van der Waals surface area contributed by atoms with Gasteiger partial charge in [-0.05, 0) is 18.6 Å². The Balaban J connectivity index is 1.86. The Hall–Kier alpha value is -1.79. The monoisotopic (exact) mass is 259 g/mol. The summed E-state index contributed by atoms with van der Waals surface area (Å²) >= 11 is 0. The van der Waals surface area contributed by atoms with Gasteiger partial charge >= 0.3 is 0 Å². The van der Waals surface area contributed by atoms with Crippen molar-refractivity contribution in [1.82, 2.24) is 25.1 Å². The van der Waals surface area contributed by atoms with Crippen molar-refractivity contribution >= 4 is 0 Å². The predicted octanol–water partition coefficient (Wildman–Crippen LogP) is 0.691. The molecule has 1 N–H and O–H groups in total. The van der Waals surface area contributed by atoms with E-state index in [1.807, 2.05) is 19.2 Å². The second kappa shape index (κ2) is 5.46. The normalized spacial score (nSPS) is 19.5. The summed E-state index contributed by atoms with van der Waals surface area (Å²) in [5, 5.41) is 11.8. The summed E-state index contributed by atoms with van der Waals surface area (Å²) in [4.78, 5) is 4.14. The molecular weight excluding hydrogens is 242 g/mol. The van der Waals surface area contributed by atoms with Crippen LogP contribution in [0.3, 0.4) is 0 Å². The number of ether oxygens (including phenoxy) is 1.